The first-order valence-corrected chi connectivity index (χ1v) is 4.15. The van der Waals surface area contributed by atoms with Gasteiger partial charge in [-0.3, -0.25) is 0 Å². The van der Waals surface area contributed by atoms with Crippen molar-refractivity contribution in [3.63, 3.8) is 0 Å². The molecule has 0 bridgehead atoms. The van der Waals surface area contributed by atoms with Gasteiger partial charge in [-0.1, -0.05) is 57.2 Å². The number of rotatable bonds is 0. The fraction of sp³-hybridized carbons (Fsp3) is 0.455. The molecular weight excluding hydrogens is 132 g/mol. The predicted molar refractivity (Wildman–Crippen MR) is 50.4 cm³/mol. The van der Waals surface area contributed by atoms with Crippen molar-refractivity contribution in [2.45, 2.75) is 20.8 Å². The van der Waals surface area contributed by atoms with Crippen LogP contribution in [0.4, 0.5) is 0 Å². The van der Waals surface area contributed by atoms with E-state index in [9.17, 15) is 0 Å². The first-order chi connectivity index (χ1) is 5.10. The summed E-state index contributed by atoms with van der Waals surface area (Å²) in [5.41, 5.74) is 0.221. The van der Waals surface area contributed by atoms with E-state index in [1.165, 1.54) is 0 Å². The SMILES string of the molecule is CC1/C=C\C=C/C(C)(C)/C=C\1. The molecule has 0 aliphatic heterocycles. The van der Waals surface area contributed by atoms with Crippen LogP contribution in [0, 0.1) is 11.3 Å². The van der Waals surface area contributed by atoms with Crippen LogP contribution in [0.15, 0.2) is 36.5 Å². The molecule has 0 aromatic rings. The van der Waals surface area contributed by atoms with E-state index in [0.29, 0.717) is 5.92 Å². The van der Waals surface area contributed by atoms with Gasteiger partial charge in [0.25, 0.3) is 0 Å². The van der Waals surface area contributed by atoms with Crippen LogP contribution in [-0.2, 0) is 0 Å². The van der Waals surface area contributed by atoms with Crippen molar-refractivity contribution < 1.29 is 0 Å². The van der Waals surface area contributed by atoms with Gasteiger partial charge in [-0.25, -0.2) is 0 Å². The molecule has 60 valence electrons. The Labute approximate surface area is 69.3 Å². The lowest BCUT2D eigenvalue weighted by Crippen LogP contribution is -2.03. The van der Waals surface area contributed by atoms with Gasteiger partial charge in [0.05, 0.1) is 0 Å². The summed E-state index contributed by atoms with van der Waals surface area (Å²) in [4.78, 5) is 0. The van der Waals surface area contributed by atoms with Crippen LogP contribution in [0.2, 0.25) is 0 Å². The topological polar surface area (TPSA) is 0 Å². The van der Waals surface area contributed by atoms with Gasteiger partial charge in [0.2, 0.25) is 0 Å². The minimum atomic E-state index is 0.221. The second-order valence-electron chi connectivity index (χ2n) is 3.78. The summed E-state index contributed by atoms with van der Waals surface area (Å²) >= 11 is 0. The first-order valence-electron chi connectivity index (χ1n) is 4.15. The van der Waals surface area contributed by atoms with Crippen LogP contribution >= 0.6 is 0 Å². The quantitative estimate of drug-likeness (QED) is 0.462. The fourth-order valence-corrected chi connectivity index (χ4v) is 1.06. The second kappa shape index (κ2) is 3.08. The maximum Gasteiger partial charge on any atom is 0.000773 e. The van der Waals surface area contributed by atoms with E-state index in [2.05, 4.69) is 57.2 Å². The van der Waals surface area contributed by atoms with Gasteiger partial charge in [-0.05, 0) is 5.92 Å². The summed E-state index contributed by atoms with van der Waals surface area (Å²) in [5, 5.41) is 0. The Bertz CT molecular complexity index is 204. The Kier molecular flexibility index (Phi) is 2.33. The van der Waals surface area contributed by atoms with Gasteiger partial charge >= 0.3 is 0 Å². The van der Waals surface area contributed by atoms with Crippen LogP contribution in [-0.4, -0.2) is 0 Å². The molecule has 1 rings (SSSR count). The lowest BCUT2D eigenvalue weighted by atomic mass is 9.89. The highest BCUT2D eigenvalue weighted by Crippen LogP contribution is 2.21. The third kappa shape index (κ3) is 2.75. The third-order valence-corrected chi connectivity index (χ3v) is 1.88. The summed E-state index contributed by atoms with van der Waals surface area (Å²) in [6, 6.07) is 0. The Hall–Kier alpha value is -0.780. The zero-order chi connectivity index (χ0) is 8.32. The molecule has 1 atom stereocenters. The van der Waals surface area contributed by atoms with Crippen molar-refractivity contribution in [1.82, 2.24) is 0 Å². The monoisotopic (exact) mass is 148 g/mol. The molecule has 0 saturated heterocycles. The molecule has 0 saturated carbocycles. The highest BCUT2D eigenvalue weighted by atomic mass is 14.1. The largest absolute Gasteiger partial charge is 0.0810 e. The molecular formula is C11H16. The molecule has 0 radical (unpaired) electrons. The Morgan fingerprint density at radius 1 is 1.00 bits per heavy atom. The molecule has 0 fully saturated rings. The van der Waals surface area contributed by atoms with Crippen molar-refractivity contribution >= 4 is 0 Å². The van der Waals surface area contributed by atoms with E-state index in [-0.39, 0.29) is 5.41 Å². The normalized spacial score (nSPS) is 36.8. The maximum absolute atomic E-state index is 2.26. The van der Waals surface area contributed by atoms with Crippen LogP contribution in [0.1, 0.15) is 20.8 Å². The van der Waals surface area contributed by atoms with Gasteiger partial charge in [0, 0.05) is 5.41 Å². The molecule has 1 unspecified atom stereocenters. The van der Waals surface area contributed by atoms with Crippen molar-refractivity contribution in [2.75, 3.05) is 0 Å². The van der Waals surface area contributed by atoms with Crippen molar-refractivity contribution in [3.05, 3.63) is 36.5 Å². The van der Waals surface area contributed by atoms with E-state index in [0.717, 1.165) is 0 Å². The summed E-state index contributed by atoms with van der Waals surface area (Å²) in [5.74, 6) is 0.569. The molecule has 1 aliphatic carbocycles. The number of hydrogen-bond acceptors (Lipinski definition) is 0. The van der Waals surface area contributed by atoms with E-state index in [1.807, 2.05) is 0 Å². The highest BCUT2D eigenvalue weighted by Gasteiger charge is 2.08. The molecule has 0 amide bonds. The van der Waals surface area contributed by atoms with Crippen LogP contribution in [0.25, 0.3) is 0 Å². The minimum Gasteiger partial charge on any atom is -0.0810 e. The molecule has 11 heavy (non-hydrogen) atoms. The van der Waals surface area contributed by atoms with Gasteiger partial charge in [0.15, 0.2) is 0 Å². The molecule has 1 aliphatic rings. The Morgan fingerprint density at radius 2 is 1.73 bits per heavy atom. The third-order valence-electron chi connectivity index (χ3n) is 1.88. The maximum atomic E-state index is 2.26. The first kappa shape index (κ1) is 8.32. The number of allylic oxidation sites excluding steroid dienone is 6. The molecule has 0 heteroatoms. The molecule has 0 nitrogen and oxygen atoms in total. The van der Waals surface area contributed by atoms with Crippen LogP contribution < -0.4 is 0 Å². The minimum absolute atomic E-state index is 0.221. The summed E-state index contributed by atoms with van der Waals surface area (Å²) in [6.45, 7) is 6.62. The van der Waals surface area contributed by atoms with Crippen molar-refractivity contribution in [1.29, 1.82) is 0 Å². The Morgan fingerprint density at radius 3 is 2.45 bits per heavy atom. The second-order valence-corrected chi connectivity index (χ2v) is 3.78. The zero-order valence-electron chi connectivity index (χ0n) is 7.54. The highest BCUT2D eigenvalue weighted by molar-refractivity contribution is 5.18. The Balaban J connectivity index is 2.85. The molecule has 0 aromatic carbocycles. The van der Waals surface area contributed by atoms with E-state index in [1.54, 1.807) is 0 Å². The summed E-state index contributed by atoms with van der Waals surface area (Å²) in [7, 11) is 0. The summed E-state index contributed by atoms with van der Waals surface area (Å²) in [6.07, 6.45) is 13.2. The summed E-state index contributed by atoms with van der Waals surface area (Å²) < 4.78 is 0. The van der Waals surface area contributed by atoms with Crippen molar-refractivity contribution in [2.24, 2.45) is 11.3 Å². The molecule has 0 spiro atoms. The van der Waals surface area contributed by atoms with E-state index < -0.39 is 0 Å². The standard InChI is InChI=1S/C11H16/c1-10-6-4-5-8-11(2,3)9-7-10/h4-10H,1-3H3/b6-4-,8-5-,9-7-. The van der Waals surface area contributed by atoms with Gasteiger partial charge in [-0.2, -0.15) is 0 Å². The van der Waals surface area contributed by atoms with Crippen LogP contribution in [0.3, 0.4) is 0 Å². The molecule has 0 aromatic heterocycles. The van der Waals surface area contributed by atoms with Gasteiger partial charge in [0.1, 0.15) is 0 Å². The average Bonchev–Trinajstić information content (AvgIpc) is 1.92. The lowest BCUT2D eigenvalue weighted by molar-refractivity contribution is 0.618. The van der Waals surface area contributed by atoms with Crippen molar-refractivity contribution in [3.8, 4) is 0 Å². The predicted octanol–water partition coefficient (Wildman–Crippen LogP) is 3.33. The smallest absolute Gasteiger partial charge is 0.000773 e. The lowest BCUT2D eigenvalue weighted by Gasteiger charge is -2.16. The number of hydrogen-bond donors (Lipinski definition) is 0. The van der Waals surface area contributed by atoms with Gasteiger partial charge < -0.3 is 0 Å². The van der Waals surface area contributed by atoms with E-state index in [4.69, 9.17) is 0 Å². The molecule has 0 heterocycles. The fourth-order valence-electron chi connectivity index (χ4n) is 1.06. The van der Waals surface area contributed by atoms with E-state index >= 15 is 0 Å². The zero-order valence-corrected chi connectivity index (χ0v) is 7.54. The van der Waals surface area contributed by atoms with Crippen LogP contribution in [0.5, 0.6) is 0 Å². The average molecular weight is 148 g/mol. The van der Waals surface area contributed by atoms with Gasteiger partial charge in [-0.15, -0.1) is 0 Å². The molecule has 0 N–H and O–H groups in total.